The zero-order valence-corrected chi connectivity index (χ0v) is 18.5. The normalized spacial score (nSPS) is 16.5. The van der Waals surface area contributed by atoms with E-state index in [1.54, 1.807) is 18.2 Å². The second-order valence-corrected chi connectivity index (χ2v) is 9.74. The number of morpholine rings is 1. The third kappa shape index (κ3) is 4.62. The molecule has 1 aromatic heterocycles. The van der Waals surface area contributed by atoms with E-state index < -0.39 is 27.1 Å². The lowest BCUT2D eigenvalue weighted by molar-refractivity contribution is 0.0696. The maximum Gasteiger partial charge on any atom is 0.337 e. The number of carboxylic acids is 2. The highest BCUT2D eigenvalue weighted by molar-refractivity contribution is 7.92. The van der Waals surface area contributed by atoms with Crippen molar-refractivity contribution in [1.82, 2.24) is 10.3 Å². The monoisotopic (exact) mass is 491 g/mol. The number of hydrogen-bond donors (Lipinski definition) is 4. The Bertz CT molecular complexity index is 1370. The maximum atomic E-state index is 13.2. The van der Waals surface area contributed by atoms with Gasteiger partial charge in [0.1, 0.15) is 5.37 Å². The van der Waals surface area contributed by atoms with Gasteiger partial charge >= 0.3 is 11.9 Å². The molecule has 12 heteroatoms. The Hall–Kier alpha value is -3.25. The Morgan fingerprint density at radius 1 is 1.09 bits per heavy atom. The standard InChI is InChI=1S/C21H18ClN3O7S/c22-12-2-4-15-13(8-12)17(9-18(25-15)33(30,31)19-10-32-6-5-23-19)24-16-3-1-11(20(26)27)7-14(16)21(28)29/h1-4,7-9,19,23H,5-6,10H2,(H,24,25)(H,26,27)(H,28,29). The van der Waals surface area contributed by atoms with Gasteiger partial charge in [0.05, 0.1) is 41.2 Å². The minimum Gasteiger partial charge on any atom is -0.478 e. The molecule has 0 spiro atoms. The lowest BCUT2D eigenvalue weighted by Crippen LogP contribution is -2.46. The topological polar surface area (TPSA) is 155 Å². The molecule has 10 nitrogen and oxygen atoms in total. The SMILES string of the molecule is O=C(O)c1ccc(Nc2cc(S(=O)(=O)C3COCCN3)nc3ccc(Cl)cc23)c(C(=O)O)c1. The van der Waals surface area contributed by atoms with Gasteiger partial charge in [0, 0.05) is 17.0 Å². The van der Waals surface area contributed by atoms with Crippen LogP contribution in [0.25, 0.3) is 10.9 Å². The number of aromatic nitrogens is 1. The van der Waals surface area contributed by atoms with Gasteiger partial charge in [-0.05, 0) is 42.5 Å². The van der Waals surface area contributed by atoms with Crippen LogP contribution in [0.15, 0.2) is 47.5 Å². The van der Waals surface area contributed by atoms with Crippen molar-refractivity contribution in [3.8, 4) is 0 Å². The number of rotatable bonds is 6. The number of anilines is 2. The Balaban J connectivity index is 1.86. The number of benzene rings is 2. The maximum absolute atomic E-state index is 13.2. The molecule has 1 aliphatic rings. The van der Waals surface area contributed by atoms with E-state index in [-0.39, 0.29) is 34.1 Å². The van der Waals surface area contributed by atoms with Gasteiger partial charge in [-0.15, -0.1) is 0 Å². The van der Waals surface area contributed by atoms with Crippen LogP contribution >= 0.6 is 11.6 Å². The van der Waals surface area contributed by atoms with Crippen molar-refractivity contribution in [1.29, 1.82) is 0 Å². The van der Waals surface area contributed by atoms with E-state index in [1.165, 1.54) is 18.2 Å². The van der Waals surface area contributed by atoms with Crippen LogP contribution in [0.4, 0.5) is 11.4 Å². The van der Waals surface area contributed by atoms with E-state index in [4.69, 9.17) is 16.3 Å². The Morgan fingerprint density at radius 2 is 1.88 bits per heavy atom. The molecule has 3 aromatic rings. The van der Waals surface area contributed by atoms with Gasteiger partial charge in [-0.25, -0.2) is 23.0 Å². The zero-order chi connectivity index (χ0) is 23.8. The summed E-state index contributed by atoms with van der Waals surface area (Å²) in [5.74, 6) is -2.63. The number of aromatic carboxylic acids is 2. The molecule has 0 aliphatic carbocycles. The van der Waals surface area contributed by atoms with Crippen LogP contribution in [-0.2, 0) is 14.6 Å². The van der Waals surface area contributed by atoms with E-state index in [0.29, 0.717) is 29.1 Å². The van der Waals surface area contributed by atoms with Crippen molar-refractivity contribution >= 4 is 55.7 Å². The molecular weight excluding hydrogens is 474 g/mol. The Kier molecular flexibility index (Phi) is 6.21. The van der Waals surface area contributed by atoms with E-state index >= 15 is 0 Å². The van der Waals surface area contributed by atoms with E-state index in [9.17, 15) is 28.2 Å². The third-order valence-corrected chi connectivity index (χ3v) is 7.15. The molecule has 0 amide bonds. The summed E-state index contributed by atoms with van der Waals surface area (Å²) in [4.78, 5) is 27.3. The number of pyridine rings is 1. The average molecular weight is 492 g/mol. The van der Waals surface area contributed by atoms with Crippen LogP contribution in [0, 0.1) is 0 Å². The molecule has 4 rings (SSSR count). The molecule has 2 heterocycles. The number of halogens is 1. The molecule has 33 heavy (non-hydrogen) atoms. The van der Waals surface area contributed by atoms with Gasteiger partial charge < -0.3 is 20.3 Å². The van der Waals surface area contributed by atoms with Crippen LogP contribution in [-0.4, -0.2) is 60.7 Å². The quantitative estimate of drug-likeness (QED) is 0.404. The smallest absolute Gasteiger partial charge is 0.337 e. The molecule has 1 aliphatic heterocycles. The summed E-state index contributed by atoms with van der Waals surface area (Å²) in [6, 6.07) is 9.53. The fraction of sp³-hybridized carbons (Fsp3) is 0.190. The van der Waals surface area contributed by atoms with Gasteiger partial charge in [-0.1, -0.05) is 11.6 Å². The van der Waals surface area contributed by atoms with Gasteiger partial charge in [0.2, 0.25) is 9.84 Å². The van der Waals surface area contributed by atoms with Crippen molar-refractivity contribution in [2.75, 3.05) is 25.1 Å². The predicted octanol–water partition coefficient (Wildman–Crippen LogP) is 2.75. The van der Waals surface area contributed by atoms with Crippen molar-refractivity contribution in [3.05, 3.63) is 58.6 Å². The van der Waals surface area contributed by atoms with Crippen molar-refractivity contribution in [3.63, 3.8) is 0 Å². The van der Waals surface area contributed by atoms with Gasteiger partial charge in [0.15, 0.2) is 5.03 Å². The Labute approximate surface area is 193 Å². The number of nitrogens with zero attached hydrogens (tertiary/aromatic N) is 1. The largest absolute Gasteiger partial charge is 0.478 e. The average Bonchev–Trinajstić information content (AvgIpc) is 2.79. The highest BCUT2D eigenvalue weighted by Gasteiger charge is 2.31. The van der Waals surface area contributed by atoms with Crippen molar-refractivity contribution in [2.24, 2.45) is 0 Å². The van der Waals surface area contributed by atoms with Crippen LogP contribution in [0.3, 0.4) is 0 Å². The summed E-state index contributed by atoms with van der Waals surface area (Å²) in [7, 11) is -3.94. The number of carbonyl (C=O) groups is 2. The lowest BCUT2D eigenvalue weighted by atomic mass is 10.1. The van der Waals surface area contributed by atoms with Crippen molar-refractivity contribution in [2.45, 2.75) is 10.4 Å². The summed E-state index contributed by atoms with van der Waals surface area (Å²) < 4.78 is 31.6. The molecule has 172 valence electrons. The van der Waals surface area contributed by atoms with Gasteiger partial charge in [-0.3, -0.25) is 5.32 Å². The molecule has 1 atom stereocenters. The minimum absolute atomic E-state index is 0.0365. The molecule has 1 saturated heterocycles. The fourth-order valence-corrected chi connectivity index (χ4v) is 5.00. The summed E-state index contributed by atoms with van der Waals surface area (Å²) in [6.45, 7) is 0.730. The third-order valence-electron chi connectivity index (χ3n) is 5.07. The first-order valence-electron chi connectivity index (χ1n) is 9.70. The van der Waals surface area contributed by atoms with Gasteiger partial charge in [-0.2, -0.15) is 0 Å². The summed E-state index contributed by atoms with van der Waals surface area (Å²) in [5, 5.41) is 24.2. The number of nitrogens with one attached hydrogen (secondary N) is 2. The van der Waals surface area contributed by atoms with E-state index in [1.807, 2.05) is 0 Å². The lowest BCUT2D eigenvalue weighted by Gasteiger charge is -2.24. The number of hydrogen-bond acceptors (Lipinski definition) is 8. The van der Waals surface area contributed by atoms with Crippen molar-refractivity contribution < 1.29 is 33.0 Å². The molecular formula is C21H18ClN3O7S. The summed E-state index contributed by atoms with van der Waals surface area (Å²) in [5.41, 5.74) is 0.130. The highest BCUT2D eigenvalue weighted by Crippen LogP contribution is 2.32. The second-order valence-electron chi connectivity index (χ2n) is 7.23. The fourth-order valence-electron chi connectivity index (χ4n) is 3.42. The highest BCUT2D eigenvalue weighted by atomic mass is 35.5. The minimum atomic E-state index is -3.94. The van der Waals surface area contributed by atoms with Crippen LogP contribution < -0.4 is 10.6 Å². The zero-order valence-electron chi connectivity index (χ0n) is 16.9. The predicted molar refractivity (Wildman–Crippen MR) is 120 cm³/mol. The first kappa shape index (κ1) is 22.9. The molecule has 0 bridgehead atoms. The summed E-state index contributed by atoms with van der Waals surface area (Å²) in [6.07, 6.45) is 0. The van der Waals surface area contributed by atoms with E-state index in [0.717, 1.165) is 6.07 Å². The van der Waals surface area contributed by atoms with Crippen LogP contribution in [0.1, 0.15) is 20.7 Å². The molecule has 0 radical (unpaired) electrons. The molecule has 1 unspecified atom stereocenters. The van der Waals surface area contributed by atoms with Crippen LogP contribution in [0.5, 0.6) is 0 Å². The number of ether oxygens (including phenoxy) is 1. The summed E-state index contributed by atoms with van der Waals surface area (Å²) >= 11 is 6.12. The number of sulfone groups is 1. The van der Waals surface area contributed by atoms with Crippen LogP contribution in [0.2, 0.25) is 5.02 Å². The van der Waals surface area contributed by atoms with E-state index in [2.05, 4.69) is 15.6 Å². The second kappa shape index (κ2) is 8.94. The molecule has 1 fully saturated rings. The Morgan fingerprint density at radius 3 is 2.55 bits per heavy atom. The van der Waals surface area contributed by atoms with Gasteiger partial charge in [0.25, 0.3) is 0 Å². The first-order chi connectivity index (χ1) is 15.7. The molecule has 2 aromatic carbocycles. The molecule has 0 saturated carbocycles. The molecule has 4 N–H and O–H groups in total. The first-order valence-corrected chi connectivity index (χ1v) is 11.6. The number of carboxylic acid groups (broad SMARTS) is 2. The number of fused-ring (bicyclic) bond motifs is 1.